The Kier molecular flexibility index (Phi) is 6.31. The lowest BCUT2D eigenvalue weighted by Gasteiger charge is -2.24. The van der Waals surface area contributed by atoms with Gasteiger partial charge in [0.1, 0.15) is 6.61 Å². The van der Waals surface area contributed by atoms with E-state index in [1.165, 1.54) is 0 Å². The molecular weight excluding hydrogens is 256 g/mol. The molecule has 0 bridgehead atoms. The quantitative estimate of drug-likeness (QED) is 0.675. The molecule has 1 amide bonds. The normalized spacial score (nSPS) is 11.2. The van der Waals surface area contributed by atoms with Crippen LogP contribution in [-0.2, 0) is 4.79 Å². The Balaban J connectivity index is 2.39. The molecule has 0 fully saturated rings. The minimum atomic E-state index is -0.325. The molecule has 0 saturated heterocycles. The molecule has 5 heteroatoms. The van der Waals surface area contributed by atoms with Crippen LogP contribution in [0.3, 0.4) is 0 Å². The van der Waals surface area contributed by atoms with E-state index in [1.807, 2.05) is 45.0 Å². The molecule has 0 aliphatic rings. The number of hydrogen-bond donors (Lipinski definition) is 2. The molecule has 0 heterocycles. The first-order valence-electron chi connectivity index (χ1n) is 6.82. The van der Waals surface area contributed by atoms with Crippen LogP contribution in [0, 0.1) is 0 Å². The highest BCUT2D eigenvalue weighted by Crippen LogP contribution is 2.26. The Morgan fingerprint density at radius 3 is 2.40 bits per heavy atom. The Labute approximate surface area is 120 Å². The van der Waals surface area contributed by atoms with Crippen LogP contribution >= 0.6 is 0 Å². The second kappa shape index (κ2) is 7.75. The molecule has 1 aromatic carbocycles. The van der Waals surface area contributed by atoms with Crippen molar-refractivity contribution in [2.24, 2.45) is 5.73 Å². The smallest absolute Gasteiger partial charge is 0.219 e. The average molecular weight is 280 g/mol. The number of nitrogens with two attached hydrogens (primary N) is 1. The largest absolute Gasteiger partial charge is 0.490 e. The summed E-state index contributed by atoms with van der Waals surface area (Å²) in [5, 5.41) is 3.25. The average Bonchev–Trinajstić information content (AvgIpc) is 2.35. The van der Waals surface area contributed by atoms with Gasteiger partial charge in [-0.3, -0.25) is 4.79 Å². The topological polar surface area (TPSA) is 73.6 Å². The van der Waals surface area contributed by atoms with E-state index in [2.05, 4.69) is 5.32 Å². The van der Waals surface area contributed by atoms with Gasteiger partial charge in [0, 0.05) is 18.5 Å². The summed E-state index contributed by atoms with van der Waals surface area (Å²) in [4.78, 5) is 10.9. The van der Waals surface area contributed by atoms with E-state index >= 15 is 0 Å². The van der Waals surface area contributed by atoms with Gasteiger partial charge in [0.2, 0.25) is 5.91 Å². The third-order valence-corrected chi connectivity index (χ3v) is 2.73. The number of para-hydroxylation sites is 2. The summed E-state index contributed by atoms with van der Waals surface area (Å²) < 4.78 is 11.2. The van der Waals surface area contributed by atoms with Crippen molar-refractivity contribution in [2.45, 2.75) is 32.7 Å². The summed E-state index contributed by atoms with van der Waals surface area (Å²) >= 11 is 0. The van der Waals surface area contributed by atoms with Crippen molar-refractivity contribution in [1.82, 2.24) is 5.32 Å². The molecule has 0 radical (unpaired) electrons. The van der Waals surface area contributed by atoms with Crippen LogP contribution in [0.15, 0.2) is 24.3 Å². The molecule has 0 aliphatic carbocycles. The second-order valence-electron chi connectivity index (χ2n) is 5.18. The van der Waals surface area contributed by atoms with Crippen molar-refractivity contribution in [3.8, 4) is 11.5 Å². The fourth-order valence-electron chi connectivity index (χ4n) is 1.89. The summed E-state index contributed by atoms with van der Waals surface area (Å²) in [6.45, 7) is 7.53. The van der Waals surface area contributed by atoms with Crippen molar-refractivity contribution in [1.29, 1.82) is 0 Å². The molecule has 5 nitrogen and oxygen atoms in total. The number of amides is 1. The number of rotatable bonds is 9. The van der Waals surface area contributed by atoms with Crippen molar-refractivity contribution in [3.05, 3.63) is 24.3 Å². The molecule has 1 aromatic rings. The predicted molar refractivity (Wildman–Crippen MR) is 79.0 cm³/mol. The van der Waals surface area contributed by atoms with Gasteiger partial charge < -0.3 is 20.5 Å². The summed E-state index contributed by atoms with van der Waals surface area (Å²) in [5.41, 5.74) is 4.88. The number of hydrogen-bond acceptors (Lipinski definition) is 4. The Morgan fingerprint density at radius 1 is 1.25 bits per heavy atom. The molecule has 0 unspecified atom stereocenters. The first-order valence-corrected chi connectivity index (χ1v) is 6.82. The zero-order valence-electron chi connectivity index (χ0n) is 12.4. The van der Waals surface area contributed by atoms with Gasteiger partial charge in [-0.25, -0.2) is 0 Å². The van der Waals surface area contributed by atoms with Gasteiger partial charge in [-0.1, -0.05) is 12.1 Å². The molecule has 0 spiro atoms. The van der Waals surface area contributed by atoms with Gasteiger partial charge >= 0.3 is 0 Å². The third kappa shape index (κ3) is 5.93. The van der Waals surface area contributed by atoms with E-state index in [0.29, 0.717) is 26.2 Å². The minimum absolute atomic E-state index is 0.294. The van der Waals surface area contributed by atoms with E-state index < -0.39 is 0 Å². The molecule has 0 saturated carbocycles. The lowest BCUT2D eigenvalue weighted by atomic mass is 10.0. The monoisotopic (exact) mass is 280 g/mol. The summed E-state index contributed by atoms with van der Waals surface area (Å²) in [5.74, 6) is 1.15. The van der Waals surface area contributed by atoms with E-state index in [1.54, 1.807) is 0 Å². The van der Waals surface area contributed by atoms with Gasteiger partial charge in [0.15, 0.2) is 11.5 Å². The SMILES string of the molecule is CCOc1ccccc1OCCNC(C)(C)CC(N)=O. The Hall–Kier alpha value is -1.75. The van der Waals surface area contributed by atoms with Crippen LogP contribution in [0.25, 0.3) is 0 Å². The summed E-state index contributed by atoms with van der Waals surface area (Å²) in [6.07, 6.45) is 0.294. The molecule has 1 rings (SSSR count). The third-order valence-electron chi connectivity index (χ3n) is 2.73. The highest BCUT2D eigenvalue weighted by atomic mass is 16.5. The fourth-order valence-corrected chi connectivity index (χ4v) is 1.89. The Morgan fingerprint density at radius 2 is 1.85 bits per heavy atom. The van der Waals surface area contributed by atoms with Crippen LogP contribution in [0.1, 0.15) is 27.2 Å². The van der Waals surface area contributed by atoms with Crippen LogP contribution in [0.5, 0.6) is 11.5 Å². The summed E-state index contributed by atoms with van der Waals surface area (Å²) in [6, 6.07) is 7.57. The van der Waals surface area contributed by atoms with Crippen molar-refractivity contribution in [2.75, 3.05) is 19.8 Å². The maximum Gasteiger partial charge on any atom is 0.219 e. The standard InChI is InChI=1S/C15H24N2O3/c1-4-19-12-7-5-6-8-13(12)20-10-9-17-15(2,3)11-14(16)18/h5-8,17H,4,9-11H2,1-3H3,(H2,16,18). The molecule has 112 valence electrons. The van der Waals surface area contributed by atoms with Crippen molar-refractivity contribution >= 4 is 5.91 Å². The molecule has 0 atom stereocenters. The highest BCUT2D eigenvalue weighted by Gasteiger charge is 2.19. The predicted octanol–water partition coefficient (Wildman–Crippen LogP) is 1.71. The van der Waals surface area contributed by atoms with Crippen LogP contribution < -0.4 is 20.5 Å². The van der Waals surface area contributed by atoms with Crippen LogP contribution in [0.2, 0.25) is 0 Å². The molecule has 20 heavy (non-hydrogen) atoms. The lowest BCUT2D eigenvalue weighted by Crippen LogP contribution is -2.44. The minimum Gasteiger partial charge on any atom is -0.490 e. The number of nitrogens with one attached hydrogen (secondary N) is 1. The molecule has 3 N–H and O–H groups in total. The van der Waals surface area contributed by atoms with Crippen LogP contribution in [0.4, 0.5) is 0 Å². The van der Waals surface area contributed by atoms with Gasteiger partial charge in [-0.05, 0) is 32.9 Å². The number of ether oxygens (including phenoxy) is 2. The van der Waals surface area contributed by atoms with Crippen molar-refractivity contribution in [3.63, 3.8) is 0 Å². The number of benzene rings is 1. The molecular formula is C15H24N2O3. The van der Waals surface area contributed by atoms with E-state index in [4.69, 9.17) is 15.2 Å². The highest BCUT2D eigenvalue weighted by molar-refractivity contribution is 5.74. The zero-order chi connectivity index (χ0) is 15.0. The van der Waals surface area contributed by atoms with Gasteiger partial charge in [0.05, 0.1) is 6.61 Å². The fraction of sp³-hybridized carbons (Fsp3) is 0.533. The zero-order valence-corrected chi connectivity index (χ0v) is 12.4. The van der Waals surface area contributed by atoms with Crippen LogP contribution in [-0.4, -0.2) is 31.2 Å². The maximum absolute atomic E-state index is 10.9. The maximum atomic E-state index is 10.9. The van der Waals surface area contributed by atoms with E-state index in [-0.39, 0.29) is 11.4 Å². The first kappa shape index (κ1) is 16.3. The number of carbonyl (C=O) groups excluding carboxylic acids is 1. The molecule has 0 aliphatic heterocycles. The van der Waals surface area contributed by atoms with Crippen molar-refractivity contribution < 1.29 is 14.3 Å². The lowest BCUT2D eigenvalue weighted by molar-refractivity contribution is -0.119. The molecule has 0 aromatic heterocycles. The van der Waals surface area contributed by atoms with Gasteiger partial charge in [-0.15, -0.1) is 0 Å². The van der Waals surface area contributed by atoms with Gasteiger partial charge in [-0.2, -0.15) is 0 Å². The number of primary amides is 1. The number of carbonyl (C=O) groups is 1. The van der Waals surface area contributed by atoms with E-state index in [9.17, 15) is 4.79 Å². The summed E-state index contributed by atoms with van der Waals surface area (Å²) in [7, 11) is 0. The Bertz CT molecular complexity index is 433. The van der Waals surface area contributed by atoms with Gasteiger partial charge in [0.25, 0.3) is 0 Å². The second-order valence-corrected chi connectivity index (χ2v) is 5.18. The first-order chi connectivity index (χ1) is 9.44. The van der Waals surface area contributed by atoms with E-state index in [0.717, 1.165) is 11.5 Å².